The number of hydrogen-bond acceptors (Lipinski definition) is 1. The van der Waals surface area contributed by atoms with Crippen LogP contribution in [0.3, 0.4) is 0 Å². The van der Waals surface area contributed by atoms with Crippen molar-refractivity contribution in [2.75, 3.05) is 5.32 Å². The van der Waals surface area contributed by atoms with Gasteiger partial charge in [-0.15, -0.1) is 0 Å². The quantitative estimate of drug-likeness (QED) is 0.747. The van der Waals surface area contributed by atoms with Crippen molar-refractivity contribution in [1.82, 2.24) is 5.32 Å². The second-order valence-electron chi connectivity index (χ2n) is 8.91. The number of benzene rings is 1. The Bertz CT molecular complexity index is 484. The van der Waals surface area contributed by atoms with E-state index >= 15 is 0 Å². The molecule has 0 bridgehead atoms. The topological polar surface area (TPSA) is 41.1 Å². The van der Waals surface area contributed by atoms with E-state index < -0.39 is 0 Å². The van der Waals surface area contributed by atoms with Crippen molar-refractivity contribution in [3.8, 4) is 0 Å². The molecule has 0 fully saturated rings. The number of para-hydroxylation sites is 1. The Hall–Kier alpha value is -1.51. The van der Waals surface area contributed by atoms with Gasteiger partial charge in [-0.2, -0.15) is 0 Å². The lowest BCUT2D eigenvalue weighted by Gasteiger charge is -2.39. The Morgan fingerprint density at radius 3 is 1.95 bits per heavy atom. The zero-order valence-corrected chi connectivity index (χ0v) is 15.2. The molecule has 22 heavy (non-hydrogen) atoms. The Morgan fingerprint density at radius 1 is 0.909 bits per heavy atom. The van der Waals surface area contributed by atoms with Crippen molar-refractivity contribution in [2.45, 2.75) is 66.8 Å². The summed E-state index contributed by atoms with van der Waals surface area (Å²) < 4.78 is 0. The molecule has 0 radical (unpaired) electrons. The van der Waals surface area contributed by atoms with Crippen molar-refractivity contribution >= 4 is 11.7 Å². The number of hydrogen-bond donors (Lipinski definition) is 2. The van der Waals surface area contributed by atoms with Gasteiger partial charge in [-0.1, -0.05) is 52.8 Å². The van der Waals surface area contributed by atoms with Gasteiger partial charge in [0.05, 0.1) is 0 Å². The van der Waals surface area contributed by atoms with Gasteiger partial charge >= 0.3 is 6.03 Å². The second kappa shape index (κ2) is 6.72. The summed E-state index contributed by atoms with van der Waals surface area (Å²) in [5.41, 5.74) is 1.01. The minimum absolute atomic E-state index is 0.150. The summed E-state index contributed by atoms with van der Waals surface area (Å²) in [7, 11) is 0. The summed E-state index contributed by atoms with van der Waals surface area (Å²) in [5.74, 6) is 0. The molecule has 1 aromatic rings. The number of nitrogens with one attached hydrogen (secondary N) is 2. The maximum atomic E-state index is 12.2. The number of urea groups is 1. The molecule has 0 aliphatic heterocycles. The highest BCUT2D eigenvalue weighted by atomic mass is 16.2. The summed E-state index contributed by atoms with van der Waals surface area (Å²) in [6.45, 7) is 15.5. The van der Waals surface area contributed by atoms with E-state index in [0.717, 1.165) is 18.5 Å². The van der Waals surface area contributed by atoms with E-state index in [2.05, 4.69) is 59.1 Å². The fourth-order valence-corrected chi connectivity index (χ4v) is 3.73. The van der Waals surface area contributed by atoms with Crippen molar-refractivity contribution < 1.29 is 4.79 Å². The van der Waals surface area contributed by atoms with Gasteiger partial charge in [0.25, 0.3) is 0 Å². The number of amides is 2. The number of carbonyl (C=O) groups excluding carboxylic acids is 1. The Morgan fingerprint density at radius 2 is 1.45 bits per heavy atom. The van der Waals surface area contributed by atoms with Gasteiger partial charge in [0, 0.05) is 11.2 Å². The Labute approximate surface area is 135 Å². The fraction of sp³-hybridized carbons (Fsp3) is 0.632. The minimum atomic E-state index is -0.256. The number of anilines is 1. The van der Waals surface area contributed by atoms with E-state index in [1.165, 1.54) is 0 Å². The third-order valence-electron chi connectivity index (χ3n) is 3.41. The third-order valence-corrected chi connectivity index (χ3v) is 3.41. The standard InChI is InChI=1S/C19H32N2O/c1-17(2,3)13-18(4,5)14-19(6,7)21-16(22)20-15-11-9-8-10-12-15/h8-12H,13-14H2,1-7H3,(H2,20,21,22). The molecule has 0 spiro atoms. The summed E-state index contributed by atoms with van der Waals surface area (Å²) in [6, 6.07) is 9.37. The molecule has 0 aromatic heterocycles. The van der Waals surface area contributed by atoms with Crippen molar-refractivity contribution in [2.24, 2.45) is 10.8 Å². The lowest BCUT2D eigenvalue weighted by atomic mass is 9.70. The van der Waals surface area contributed by atoms with Crippen LogP contribution in [0.1, 0.15) is 61.3 Å². The van der Waals surface area contributed by atoms with Crippen LogP contribution in [0.4, 0.5) is 10.5 Å². The van der Waals surface area contributed by atoms with Crippen molar-refractivity contribution in [3.05, 3.63) is 30.3 Å². The lowest BCUT2D eigenvalue weighted by Crippen LogP contribution is -2.48. The van der Waals surface area contributed by atoms with Gasteiger partial charge in [-0.05, 0) is 49.7 Å². The zero-order chi connectivity index (χ0) is 17.0. The highest BCUT2D eigenvalue weighted by Crippen LogP contribution is 2.38. The van der Waals surface area contributed by atoms with Crippen LogP contribution in [0.25, 0.3) is 0 Å². The molecular formula is C19H32N2O. The first kappa shape index (κ1) is 18.5. The van der Waals surface area contributed by atoms with Gasteiger partial charge in [-0.25, -0.2) is 4.79 Å². The maximum absolute atomic E-state index is 12.2. The van der Waals surface area contributed by atoms with E-state index in [9.17, 15) is 4.79 Å². The molecule has 1 aromatic carbocycles. The van der Waals surface area contributed by atoms with Crippen LogP contribution < -0.4 is 10.6 Å². The average molecular weight is 304 g/mol. The van der Waals surface area contributed by atoms with Gasteiger partial charge in [0.2, 0.25) is 0 Å². The zero-order valence-electron chi connectivity index (χ0n) is 15.2. The first-order valence-corrected chi connectivity index (χ1v) is 8.03. The summed E-state index contributed by atoms with van der Waals surface area (Å²) in [4.78, 5) is 12.2. The molecule has 0 aliphatic carbocycles. The van der Waals surface area contributed by atoms with E-state index in [1.807, 2.05) is 30.3 Å². The molecule has 1 rings (SSSR count). The van der Waals surface area contributed by atoms with Gasteiger partial charge in [-0.3, -0.25) is 0 Å². The molecule has 3 heteroatoms. The summed E-state index contributed by atoms with van der Waals surface area (Å²) in [6.07, 6.45) is 2.05. The highest BCUT2D eigenvalue weighted by molar-refractivity contribution is 5.89. The second-order valence-corrected chi connectivity index (χ2v) is 8.91. The maximum Gasteiger partial charge on any atom is 0.319 e. The molecule has 0 aliphatic rings. The SMILES string of the molecule is CC(C)(C)CC(C)(C)CC(C)(C)NC(=O)Nc1ccccc1. The van der Waals surface area contributed by atoms with Crippen LogP contribution in [0.15, 0.2) is 30.3 Å². The van der Waals surface area contributed by atoms with Gasteiger partial charge in [0.15, 0.2) is 0 Å². The van der Waals surface area contributed by atoms with Crippen LogP contribution in [0.2, 0.25) is 0 Å². The van der Waals surface area contributed by atoms with Crippen molar-refractivity contribution in [3.63, 3.8) is 0 Å². The predicted octanol–water partition coefficient (Wildman–Crippen LogP) is 5.44. The minimum Gasteiger partial charge on any atom is -0.333 e. The van der Waals surface area contributed by atoms with Gasteiger partial charge < -0.3 is 10.6 Å². The molecule has 0 saturated heterocycles. The molecule has 3 nitrogen and oxygen atoms in total. The van der Waals surface area contributed by atoms with E-state index in [4.69, 9.17) is 0 Å². The predicted molar refractivity (Wildman–Crippen MR) is 95.1 cm³/mol. The third kappa shape index (κ3) is 7.48. The van der Waals surface area contributed by atoms with Crippen LogP contribution in [0, 0.1) is 10.8 Å². The molecule has 0 unspecified atom stereocenters. The van der Waals surface area contributed by atoms with Crippen LogP contribution in [-0.4, -0.2) is 11.6 Å². The first-order chi connectivity index (χ1) is 9.89. The number of carbonyl (C=O) groups is 1. The summed E-state index contributed by atoms with van der Waals surface area (Å²) >= 11 is 0. The average Bonchev–Trinajstić information content (AvgIpc) is 2.23. The fourth-order valence-electron chi connectivity index (χ4n) is 3.73. The van der Waals surface area contributed by atoms with Crippen LogP contribution in [-0.2, 0) is 0 Å². The Kier molecular flexibility index (Phi) is 5.66. The molecular weight excluding hydrogens is 272 g/mol. The van der Waals surface area contributed by atoms with Crippen LogP contribution in [0.5, 0.6) is 0 Å². The van der Waals surface area contributed by atoms with Gasteiger partial charge in [0.1, 0.15) is 0 Å². The molecule has 2 N–H and O–H groups in total. The van der Waals surface area contributed by atoms with E-state index in [-0.39, 0.29) is 22.4 Å². The molecule has 0 saturated carbocycles. The van der Waals surface area contributed by atoms with Crippen molar-refractivity contribution in [1.29, 1.82) is 0 Å². The van der Waals surface area contributed by atoms with E-state index in [1.54, 1.807) is 0 Å². The normalized spacial score (nSPS) is 12.9. The monoisotopic (exact) mass is 304 g/mol. The highest BCUT2D eigenvalue weighted by Gasteiger charge is 2.33. The first-order valence-electron chi connectivity index (χ1n) is 8.03. The molecule has 0 atom stereocenters. The molecule has 0 heterocycles. The summed E-state index contributed by atoms with van der Waals surface area (Å²) in [5, 5.41) is 5.98. The van der Waals surface area contributed by atoms with E-state index in [0.29, 0.717) is 0 Å². The smallest absolute Gasteiger partial charge is 0.319 e. The lowest BCUT2D eigenvalue weighted by molar-refractivity contribution is 0.154. The number of rotatable bonds is 5. The molecule has 124 valence electrons. The largest absolute Gasteiger partial charge is 0.333 e. The van der Waals surface area contributed by atoms with Crippen LogP contribution >= 0.6 is 0 Å². The molecule has 2 amide bonds. The Balaban J connectivity index is 2.61.